The molecule has 1 aromatic heterocycles. The van der Waals surface area contributed by atoms with Crippen molar-refractivity contribution < 1.29 is 9.66 Å². The number of aromatic nitrogens is 2. The normalized spacial score (nSPS) is 12.2. The summed E-state index contributed by atoms with van der Waals surface area (Å²) in [5.41, 5.74) is 2.03. The Hall–Kier alpha value is -3.37. The van der Waals surface area contributed by atoms with E-state index in [1.54, 1.807) is 30.5 Å². The first-order chi connectivity index (χ1) is 17.3. The van der Waals surface area contributed by atoms with Crippen LogP contribution in [-0.4, -0.2) is 20.8 Å². The molecule has 184 valence electrons. The summed E-state index contributed by atoms with van der Waals surface area (Å²) in [7, 11) is 0. The summed E-state index contributed by atoms with van der Waals surface area (Å²) < 4.78 is 8.74. The highest BCUT2D eigenvalue weighted by Crippen LogP contribution is 2.27. The smallest absolute Gasteiger partial charge is 0.282 e. The van der Waals surface area contributed by atoms with Gasteiger partial charge in [0.15, 0.2) is 0 Å². The van der Waals surface area contributed by atoms with Crippen LogP contribution in [0, 0.1) is 10.1 Å². The molecule has 0 aliphatic rings. The van der Waals surface area contributed by atoms with Gasteiger partial charge in [0.2, 0.25) is 0 Å². The van der Waals surface area contributed by atoms with E-state index in [2.05, 4.69) is 37.0 Å². The zero-order valence-electron chi connectivity index (χ0n) is 19.5. The van der Waals surface area contributed by atoms with Crippen molar-refractivity contribution in [1.82, 2.24) is 9.66 Å². The Bertz CT molecular complexity index is 1520. The second-order valence-corrected chi connectivity index (χ2v) is 9.97. The highest BCUT2D eigenvalue weighted by molar-refractivity contribution is 9.10. The van der Waals surface area contributed by atoms with Crippen molar-refractivity contribution in [2.45, 2.75) is 32.8 Å². The van der Waals surface area contributed by atoms with Gasteiger partial charge in [0.05, 0.1) is 26.5 Å². The van der Waals surface area contributed by atoms with Crippen LogP contribution in [0.2, 0.25) is 0 Å². The summed E-state index contributed by atoms with van der Waals surface area (Å²) in [5.74, 6) is 1.26. The quantitative estimate of drug-likeness (QED) is 0.124. The highest BCUT2D eigenvalue weighted by Gasteiger charge is 2.15. The molecule has 0 saturated heterocycles. The van der Waals surface area contributed by atoms with E-state index in [1.807, 2.05) is 38.1 Å². The Balaban J connectivity index is 1.58. The Labute approximate surface area is 224 Å². The molecule has 0 fully saturated rings. The van der Waals surface area contributed by atoms with Crippen LogP contribution in [0.25, 0.3) is 10.9 Å². The lowest BCUT2D eigenvalue weighted by Crippen LogP contribution is -2.23. The van der Waals surface area contributed by atoms with Gasteiger partial charge in [0.1, 0.15) is 18.2 Å². The van der Waals surface area contributed by atoms with Crippen LogP contribution >= 0.6 is 31.9 Å². The van der Waals surface area contributed by atoms with Crippen LogP contribution < -0.4 is 10.3 Å². The minimum Gasteiger partial charge on any atom is -0.488 e. The van der Waals surface area contributed by atoms with E-state index in [1.165, 1.54) is 16.8 Å². The average Bonchev–Trinajstić information content (AvgIpc) is 2.87. The van der Waals surface area contributed by atoms with E-state index in [-0.39, 0.29) is 23.8 Å². The number of rotatable bonds is 8. The Morgan fingerprint density at radius 1 is 1.14 bits per heavy atom. The van der Waals surface area contributed by atoms with E-state index < -0.39 is 4.92 Å². The lowest BCUT2D eigenvalue weighted by atomic mass is 10.1. The second-order valence-electron chi connectivity index (χ2n) is 8.20. The molecule has 0 unspecified atom stereocenters. The first-order valence-corrected chi connectivity index (χ1v) is 12.8. The molecule has 4 rings (SSSR count). The van der Waals surface area contributed by atoms with Crippen molar-refractivity contribution >= 4 is 54.7 Å². The second kappa shape index (κ2) is 11.1. The summed E-state index contributed by atoms with van der Waals surface area (Å²) >= 11 is 6.94. The Kier molecular flexibility index (Phi) is 7.95. The molecule has 10 heteroatoms. The number of halogens is 2. The molecule has 0 saturated carbocycles. The Morgan fingerprint density at radius 2 is 1.89 bits per heavy atom. The van der Waals surface area contributed by atoms with Crippen LogP contribution in [0.3, 0.4) is 0 Å². The molecular weight excluding hydrogens is 592 g/mol. The molecule has 3 aromatic carbocycles. The number of ether oxygens (including phenoxy) is 1. The van der Waals surface area contributed by atoms with Gasteiger partial charge < -0.3 is 4.74 Å². The molecule has 0 spiro atoms. The molecule has 1 atom stereocenters. The fraction of sp³-hybridized carbons (Fsp3) is 0.192. The monoisotopic (exact) mass is 612 g/mol. The predicted molar refractivity (Wildman–Crippen MR) is 147 cm³/mol. The van der Waals surface area contributed by atoms with Crippen LogP contribution in [0.5, 0.6) is 5.75 Å². The maximum atomic E-state index is 13.3. The van der Waals surface area contributed by atoms with Crippen molar-refractivity contribution in [3.63, 3.8) is 0 Å². The summed E-state index contributed by atoms with van der Waals surface area (Å²) in [5, 5.41) is 15.8. The molecule has 4 aromatic rings. The van der Waals surface area contributed by atoms with E-state index >= 15 is 0 Å². The van der Waals surface area contributed by atoms with Gasteiger partial charge in [0, 0.05) is 22.5 Å². The van der Waals surface area contributed by atoms with E-state index in [4.69, 9.17) is 9.72 Å². The van der Waals surface area contributed by atoms with Gasteiger partial charge in [0.25, 0.3) is 11.2 Å². The van der Waals surface area contributed by atoms with Crippen LogP contribution in [0.4, 0.5) is 5.69 Å². The van der Waals surface area contributed by atoms with Crippen molar-refractivity contribution in [2.75, 3.05) is 0 Å². The van der Waals surface area contributed by atoms with Gasteiger partial charge in [-0.05, 0) is 82.0 Å². The lowest BCUT2D eigenvalue weighted by Gasteiger charge is -2.14. The minimum absolute atomic E-state index is 0.0356. The number of hydrogen-bond acceptors (Lipinski definition) is 6. The molecule has 0 aliphatic carbocycles. The zero-order valence-corrected chi connectivity index (χ0v) is 22.7. The largest absolute Gasteiger partial charge is 0.488 e. The predicted octanol–water partition coefficient (Wildman–Crippen LogP) is 6.80. The first-order valence-electron chi connectivity index (χ1n) is 11.2. The van der Waals surface area contributed by atoms with Crippen LogP contribution in [0.15, 0.2) is 79.5 Å². The van der Waals surface area contributed by atoms with Gasteiger partial charge >= 0.3 is 0 Å². The van der Waals surface area contributed by atoms with Gasteiger partial charge in [-0.3, -0.25) is 14.9 Å². The molecule has 0 aliphatic heterocycles. The first kappa shape index (κ1) is 25.7. The number of nitro benzene ring substituents is 1. The van der Waals surface area contributed by atoms with E-state index in [0.717, 1.165) is 22.0 Å². The third-order valence-electron chi connectivity index (χ3n) is 5.71. The molecule has 0 amide bonds. The zero-order chi connectivity index (χ0) is 25.8. The summed E-state index contributed by atoms with van der Waals surface area (Å²) in [6.07, 6.45) is 2.43. The average molecular weight is 614 g/mol. The van der Waals surface area contributed by atoms with Crippen molar-refractivity contribution in [1.29, 1.82) is 0 Å². The molecule has 0 radical (unpaired) electrons. The topological polar surface area (TPSA) is 99.6 Å². The third kappa shape index (κ3) is 5.71. The van der Waals surface area contributed by atoms with Crippen LogP contribution in [-0.2, 0) is 6.61 Å². The van der Waals surface area contributed by atoms with Gasteiger partial charge in [-0.25, -0.2) is 4.98 Å². The molecule has 36 heavy (non-hydrogen) atoms. The SMILES string of the molecule is CC[C@H](C)c1nc2ccc(Br)cc2c(=O)n1N=Cc1ccc(OCc2ccc([N+](=O)[O-])cc2)c(Br)c1. The number of hydrogen-bond donors (Lipinski definition) is 0. The summed E-state index contributed by atoms with van der Waals surface area (Å²) in [4.78, 5) is 28.4. The van der Waals surface area contributed by atoms with Crippen molar-refractivity contribution in [2.24, 2.45) is 5.10 Å². The van der Waals surface area contributed by atoms with Crippen molar-refractivity contribution in [3.05, 3.63) is 107 Å². The molecule has 0 bridgehead atoms. The summed E-state index contributed by atoms with van der Waals surface area (Å²) in [6.45, 7) is 4.32. The Morgan fingerprint density at radius 3 is 2.56 bits per heavy atom. The maximum Gasteiger partial charge on any atom is 0.282 e. The number of benzene rings is 3. The standard InChI is InChI=1S/C26H22Br2N4O4/c1-3-16(2)25-30-23-10-7-19(27)13-21(23)26(33)31(25)29-14-18-6-11-24(22(28)12-18)36-15-17-4-8-20(9-5-17)32(34)35/h4-14,16H,3,15H2,1-2H3/t16-/m0/s1. The fourth-order valence-electron chi connectivity index (χ4n) is 3.49. The number of non-ortho nitro benzene ring substituents is 1. The molecule has 1 heterocycles. The number of nitro groups is 1. The molecule has 0 N–H and O–H groups in total. The third-order valence-corrected chi connectivity index (χ3v) is 6.82. The molecular formula is C26H22Br2N4O4. The minimum atomic E-state index is -0.436. The van der Waals surface area contributed by atoms with Crippen molar-refractivity contribution in [3.8, 4) is 5.75 Å². The summed E-state index contributed by atoms with van der Waals surface area (Å²) in [6, 6.07) is 17.1. The fourth-order valence-corrected chi connectivity index (χ4v) is 4.36. The van der Waals surface area contributed by atoms with E-state index in [0.29, 0.717) is 26.9 Å². The van der Waals surface area contributed by atoms with Crippen LogP contribution in [0.1, 0.15) is 43.1 Å². The number of nitrogens with zero attached hydrogens (tertiary/aromatic N) is 4. The highest BCUT2D eigenvalue weighted by atomic mass is 79.9. The molecule has 8 nitrogen and oxygen atoms in total. The lowest BCUT2D eigenvalue weighted by molar-refractivity contribution is -0.384. The maximum absolute atomic E-state index is 13.3. The van der Waals surface area contributed by atoms with Gasteiger partial charge in [-0.2, -0.15) is 9.78 Å². The van der Waals surface area contributed by atoms with Gasteiger partial charge in [-0.1, -0.05) is 29.8 Å². The van der Waals surface area contributed by atoms with E-state index in [9.17, 15) is 14.9 Å². The van der Waals surface area contributed by atoms with Gasteiger partial charge in [-0.15, -0.1) is 0 Å². The number of fused-ring (bicyclic) bond motifs is 1.